The first-order valence-electron chi connectivity index (χ1n) is 9.53. The van der Waals surface area contributed by atoms with Crippen LogP contribution in [0.2, 0.25) is 0 Å². The number of aliphatic hydroxyl groups excluding tert-OH is 1. The summed E-state index contributed by atoms with van der Waals surface area (Å²) in [6.45, 7) is 4.00. The Morgan fingerprint density at radius 1 is 1.00 bits per heavy atom. The van der Waals surface area contributed by atoms with E-state index in [4.69, 9.17) is 0 Å². The summed E-state index contributed by atoms with van der Waals surface area (Å²) in [6, 6.07) is 15.7. The van der Waals surface area contributed by atoms with Crippen LogP contribution in [0.15, 0.2) is 54.6 Å². The lowest BCUT2D eigenvalue weighted by Gasteiger charge is -2.23. The molecule has 0 bridgehead atoms. The van der Waals surface area contributed by atoms with Gasteiger partial charge in [0.1, 0.15) is 5.25 Å². The van der Waals surface area contributed by atoms with Crippen LogP contribution >= 0.6 is 11.9 Å². The van der Waals surface area contributed by atoms with Crippen molar-refractivity contribution >= 4 is 29.7 Å². The van der Waals surface area contributed by atoms with E-state index in [1.165, 1.54) is 0 Å². The van der Waals surface area contributed by atoms with Gasteiger partial charge >= 0.3 is 0 Å². The zero-order valence-electron chi connectivity index (χ0n) is 16.4. The van der Waals surface area contributed by atoms with Crippen LogP contribution in [0.5, 0.6) is 0 Å². The molecule has 1 aliphatic rings. The number of imide groups is 1. The summed E-state index contributed by atoms with van der Waals surface area (Å²) in [4.78, 5) is 38.0. The fourth-order valence-electron chi connectivity index (χ4n) is 3.12. The van der Waals surface area contributed by atoms with Gasteiger partial charge in [-0.3, -0.25) is 14.4 Å². The van der Waals surface area contributed by atoms with Crippen LogP contribution in [0, 0.1) is 5.92 Å². The van der Waals surface area contributed by atoms with Gasteiger partial charge in [0, 0.05) is 6.54 Å². The molecule has 0 aliphatic carbocycles. The van der Waals surface area contributed by atoms with Crippen molar-refractivity contribution in [1.82, 2.24) is 9.62 Å². The van der Waals surface area contributed by atoms with Crippen LogP contribution in [0.25, 0.3) is 0 Å². The van der Waals surface area contributed by atoms with Crippen LogP contribution in [-0.2, 0) is 4.79 Å². The number of nitrogens with one attached hydrogen (secondary N) is 1. The molecule has 2 aromatic rings. The molecule has 0 saturated heterocycles. The summed E-state index contributed by atoms with van der Waals surface area (Å²) in [5.74, 6) is -0.925. The molecule has 7 heteroatoms. The van der Waals surface area contributed by atoms with Gasteiger partial charge in [0.05, 0.1) is 17.2 Å². The molecule has 6 nitrogen and oxygen atoms in total. The summed E-state index contributed by atoms with van der Waals surface area (Å²) in [5.41, 5.74) is 1.42. The number of fused-ring (bicyclic) bond motifs is 1. The smallest absolute Gasteiger partial charge is 0.271 e. The molecule has 0 spiro atoms. The average Bonchev–Trinajstić information content (AvgIpc) is 2.96. The Bertz CT molecular complexity index is 866. The number of carbonyl (C=O) groups excluding carboxylic acids is 3. The molecular formula is C22H24N2O4S. The first-order valence-corrected chi connectivity index (χ1v) is 10.4. The van der Waals surface area contributed by atoms with Gasteiger partial charge in [0.2, 0.25) is 5.91 Å². The quantitative estimate of drug-likeness (QED) is 0.514. The maximum Gasteiger partial charge on any atom is 0.271 e. The number of benzene rings is 2. The summed E-state index contributed by atoms with van der Waals surface area (Å²) in [6.07, 6.45) is -0.338. The summed E-state index contributed by atoms with van der Waals surface area (Å²) >= 11 is 0.950. The number of aliphatic hydroxyl groups is 1. The third-order valence-corrected chi connectivity index (χ3v) is 5.82. The third kappa shape index (κ3) is 4.86. The lowest BCUT2D eigenvalue weighted by molar-refractivity contribution is -0.121. The number of carbonyl (C=O) groups is 3. The molecule has 0 radical (unpaired) electrons. The molecule has 3 rings (SSSR count). The van der Waals surface area contributed by atoms with Gasteiger partial charge in [-0.1, -0.05) is 56.3 Å². The number of hydrogen-bond donors (Lipinski definition) is 2. The molecule has 1 heterocycles. The van der Waals surface area contributed by atoms with E-state index in [9.17, 15) is 19.5 Å². The van der Waals surface area contributed by atoms with Crippen molar-refractivity contribution in [2.24, 2.45) is 5.92 Å². The van der Waals surface area contributed by atoms with E-state index in [0.717, 1.165) is 16.3 Å². The molecule has 0 aromatic heterocycles. The second kappa shape index (κ2) is 9.24. The Morgan fingerprint density at radius 3 is 2.10 bits per heavy atom. The molecule has 152 valence electrons. The molecular weight excluding hydrogens is 388 g/mol. The standard InChI is InChI=1S/C22H24N2O4S/c1-14(2)12-19(20(26)23-13-18(25)15-8-4-3-5-9-15)29-24-21(27)16-10-6-7-11-17(16)22(24)28/h3-11,14,18-19,25H,12-13H2,1-2H3,(H,23,26)/t18?,19-/m0/s1. The van der Waals surface area contributed by atoms with Gasteiger partial charge in [-0.25, -0.2) is 4.31 Å². The van der Waals surface area contributed by atoms with Crippen molar-refractivity contribution in [1.29, 1.82) is 0 Å². The molecule has 1 unspecified atom stereocenters. The van der Waals surface area contributed by atoms with Crippen molar-refractivity contribution in [2.75, 3.05) is 6.54 Å². The largest absolute Gasteiger partial charge is 0.387 e. The minimum absolute atomic E-state index is 0.0557. The van der Waals surface area contributed by atoms with E-state index < -0.39 is 23.2 Å². The van der Waals surface area contributed by atoms with Crippen molar-refractivity contribution in [3.8, 4) is 0 Å². The maximum atomic E-state index is 12.8. The van der Waals surface area contributed by atoms with E-state index in [1.54, 1.807) is 36.4 Å². The second-order valence-electron chi connectivity index (χ2n) is 7.35. The van der Waals surface area contributed by atoms with E-state index in [1.807, 2.05) is 32.0 Å². The highest BCUT2D eigenvalue weighted by molar-refractivity contribution is 7.99. The Morgan fingerprint density at radius 2 is 1.55 bits per heavy atom. The minimum atomic E-state index is -0.829. The Balaban J connectivity index is 1.67. The Kier molecular flexibility index (Phi) is 6.71. The summed E-state index contributed by atoms with van der Waals surface area (Å²) in [5, 5.41) is 12.4. The van der Waals surface area contributed by atoms with Crippen LogP contribution in [-0.4, -0.2) is 38.9 Å². The normalized spacial score (nSPS) is 15.4. The van der Waals surface area contributed by atoms with Gasteiger partial charge in [-0.05, 0) is 42.0 Å². The van der Waals surface area contributed by atoms with Crippen LogP contribution in [0.4, 0.5) is 0 Å². The number of rotatable bonds is 8. The Labute approximate surface area is 174 Å². The van der Waals surface area contributed by atoms with Gasteiger partial charge in [0.25, 0.3) is 11.8 Å². The number of nitrogens with zero attached hydrogens (tertiary/aromatic N) is 1. The van der Waals surface area contributed by atoms with Crippen LogP contribution in [0.1, 0.15) is 52.7 Å². The first-order chi connectivity index (χ1) is 13.9. The molecule has 2 aromatic carbocycles. The fraction of sp³-hybridized carbons (Fsp3) is 0.318. The predicted molar refractivity (Wildman–Crippen MR) is 112 cm³/mol. The molecule has 2 N–H and O–H groups in total. The highest BCUT2D eigenvalue weighted by atomic mass is 32.2. The highest BCUT2D eigenvalue weighted by Gasteiger charge is 2.39. The van der Waals surface area contributed by atoms with Gasteiger partial charge in [-0.15, -0.1) is 0 Å². The fourth-order valence-corrected chi connectivity index (χ4v) is 4.41. The van der Waals surface area contributed by atoms with Crippen molar-refractivity contribution < 1.29 is 19.5 Å². The highest BCUT2D eigenvalue weighted by Crippen LogP contribution is 2.32. The monoisotopic (exact) mass is 412 g/mol. The number of hydrogen-bond acceptors (Lipinski definition) is 5. The van der Waals surface area contributed by atoms with E-state index in [0.29, 0.717) is 23.1 Å². The van der Waals surface area contributed by atoms with Gasteiger partial charge < -0.3 is 10.4 Å². The second-order valence-corrected chi connectivity index (χ2v) is 8.49. The average molecular weight is 413 g/mol. The molecule has 0 saturated carbocycles. The van der Waals surface area contributed by atoms with Crippen LogP contribution in [0.3, 0.4) is 0 Å². The topological polar surface area (TPSA) is 86.7 Å². The third-order valence-electron chi connectivity index (χ3n) is 4.62. The zero-order chi connectivity index (χ0) is 21.0. The molecule has 29 heavy (non-hydrogen) atoms. The maximum absolute atomic E-state index is 12.8. The minimum Gasteiger partial charge on any atom is -0.387 e. The zero-order valence-corrected chi connectivity index (χ0v) is 17.2. The first kappa shape index (κ1) is 21.1. The van der Waals surface area contributed by atoms with Crippen molar-refractivity contribution in [3.63, 3.8) is 0 Å². The van der Waals surface area contributed by atoms with E-state index >= 15 is 0 Å². The van der Waals surface area contributed by atoms with Crippen molar-refractivity contribution in [2.45, 2.75) is 31.6 Å². The lowest BCUT2D eigenvalue weighted by Crippen LogP contribution is -2.39. The predicted octanol–water partition coefficient (Wildman–Crippen LogP) is 3.20. The van der Waals surface area contributed by atoms with E-state index in [-0.39, 0.29) is 18.4 Å². The summed E-state index contributed by atoms with van der Waals surface area (Å²) < 4.78 is 1.07. The van der Waals surface area contributed by atoms with E-state index in [2.05, 4.69) is 5.32 Å². The molecule has 2 atom stereocenters. The SMILES string of the molecule is CC(C)C[C@H](SN1C(=O)c2ccccc2C1=O)C(=O)NCC(O)c1ccccc1. The lowest BCUT2D eigenvalue weighted by atomic mass is 10.1. The van der Waals surface area contributed by atoms with Gasteiger partial charge in [-0.2, -0.15) is 0 Å². The number of amides is 3. The molecule has 1 aliphatic heterocycles. The van der Waals surface area contributed by atoms with Crippen molar-refractivity contribution in [3.05, 3.63) is 71.3 Å². The van der Waals surface area contributed by atoms with Crippen LogP contribution < -0.4 is 5.32 Å². The van der Waals surface area contributed by atoms with Gasteiger partial charge in [0.15, 0.2) is 0 Å². The summed E-state index contributed by atoms with van der Waals surface area (Å²) in [7, 11) is 0. The molecule has 3 amide bonds. The molecule has 0 fully saturated rings. The Hall–Kier alpha value is -2.64.